The molecule has 0 spiro atoms. The summed E-state index contributed by atoms with van der Waals surface area (Å²) in [5.41, 5.74) is -0.633. The predicted molar refractivity (Wildman–Crippen MR) is 135 cm³/mol. The minimum Gasteiger partial charge on any atom is -0.425 e. The molecular weight excluding hydrogens is 463 g/mol. The molecular formula is C23H49N2O8P. The molecule has 0 radical (unpaired) electrons. The van der Waals surface area contributed by atoms with Crippen LogP contribution in [0.1, 0.15) is 53.9 Å². The van der Waals surface area contributed by atoms with Crippen molar-refractivity contribution in [3.63, 3.8) is 0 Å². The van der Waals surface area contributed by atoms with E-state index in [1.807, 2.05) is 6.92 Å². The van der Waals surface area contributed by atoms with Crippen molar-refractivity contribution in [2.45, 2.75) is 66.0 Å². The van der Waals surface area contributed by atoms with E-state index in [1.165, 1.54) is 6.40 Å². The van der Waals surface area contributed by atoms with Gasteiger partial charge in [-0.1, -0.05) is 0 Å². The summed E-state index contributed by atoms with van der Waals surface area (Å²) in [6, 6.07) is 0.385. The second kappa shape index (κ2) is 21.8. The standard InChI is InChI=1S/C23H49N2O8P/c1-6-24-20-33-34(25(21(2)3)22(4)5)32-19-23(16-29-13-7-10-26,17-30-14-8-11-27)18-31-15-9-12-28/h20-22,26-28H,6-19H2,1-5H3. The Labute approximate surface area is 207 Å². The zero-order valence-corrected chi connectivity index (χ0v) is 22.8. The van der Waals surface area contributed by atoms with E-state index in [2.05, 4.69) is 37.4 Å². The molecule has 0 amide bonds. The van der Waals surface area contributed by atoms with Gasteiger partial charge in [0.25, 0.3) is 0 Å². The van der Waals surface area contributed by atoms with Crippen molar-refractivity contribution in [1.29, 1.82) is 0 Å². The summed E-state index contributed by atoms with van der Waals surface area (Å²) in [6.07, 6.45) is 3.06. The number of ether oxygens (including phenoxy) is 3. The molecule has 0 aromatic carbocycles. The Kier molecular flexibility index (Phi) is 21.6. The van der Waals surface area contributed by atoms with Gasteiger partial charge < -0.3 is 38.6 Å². The third-order valence-corrected chi connectivity index (χ3v) is 6.61. The maximum absolute atomic E-state index is 9.11. The number of nitrogens with zero attached hydrogens (tertiary/aromatic N) is 2. The van der Waals surface area contributed by atoms with E-state index < -0.39 is 13.9 Å². The summed E-state index contributed by atoms with van der Waals surface area (Å²) in [5, 5.41) is 27.3. The Bertz CT molecular complexity index is 447. The van der Waals surface area contributed by atoms with Gasteiger partial charge in [0.2, 0.25) is 0 Å². The van der Waals surface area contributed by atoms with Gasteiger partial charge in [0, 0.05) is 58.3 Å². The SMILES string of the molecule is CCN=COP(OCC(COCCCO)(COCCCO)COCCCO)N(C(C)C)C(C)C. The number of aliphatic imine (C=N–C) groups is 1. The number of aliphatic hydroxyl groups excluding tert-OH is 3. The van der Waals surface area contributed by atoms with Crippen LogP contribution in [-0.4, -0.2) is 111 Å². The van der Waals surface area contributed by atoms with Crippen LogP contribution >= 0.6 is 8.53 Å². The van der Waals surface area contributed by atoms with Gasteiger partial charge >= 0.3 is 8.53 Å². The molecule has 0 saturated carbocycles. The zero-order valence-electron chi connectivity index (χ0n) is 21.9. The molecule has 0 aromatic rings. The average Bonchev–Trinajstić information content (AvgIpc) is 2.80. The molecule has 34 heavy (non-hydrogen) atoms. The van der Waals surface area contributed by atoms with Crippen LogP contribution in [0.5, 0.6) is 0 Å². The molecule has 0 aliphatic rings. The van der Waals surface area contributed by atoms with Crippen LogP contribution in [0.15, 0.2) is 4.99 Å². The lowest BCUT2D eigenvalue weighted by Crippen LogP contribution is -2.43. The first-order chi connectivity index (χ1) is 16.4. The molecule has 0 fully saturated rings. The predicted octanol–water partition coefficient (Wildman–Crippen LogP) is 2.60. The normalized spacial score (nSPS) is 13.6. The van der Waals surface area contributed by atoms with Crippen molar-refractivity contribution in [2.75, 3.05) is 72.6 Å². The minimum atomic E-state index is -1.45. The molecule has 0 aliphatic heterocycles. The van der Waals surface area contributed by atoms with Crippen LogP contribution in [0, 0.1) is 5.41 Å². The summed E-state index contributed by atoms with van der Waals surface area (Å²) in [7, 11) is -1.45. The Morgan fingerprint density at radius 1 is 0.794 bits per heavy atom. The Morgan fingerprint density at radius 2 is 1.24 bits per heavy atom. The van der Waals surface area contributed by atoms with Crippen molar-refractivity contribution < 1.29 is 38.6 Å². The third-order valence-electron chi connectivity index (χ3n) is 4.69. The molecule has 10 nitrogen and oxygen atoms in total. The molecule has 0 aromatic heterocycles. The Hall–Kier alpha value is -0.420. The molecule has 3 N–H and O–H groups in total. The highest BCUT2D eigenvalue weighted by atomic mass is 31.2. The molecule has 204 valence electrons. The molecule has 1 unspecified atom stereocenters. The maximum atomic E-state index is 9.11. The topological polar surface area (TPSA) is 122 Å². The lowest BCUT2D eigenvalue weighted by Gasteiger charge is -2.38. The lowest BCUT2D eigenvalue weighted by atomic mass is 9.92. The average molecular weight is 513 g/mol. The summed E-state index contributed by atoms with van der Waals surface area (Å²) in [4.78, 5) is 4.18. The summed E-state index contributed by atoms with van der Waals surface area (Å²) in [6.45, 7) is 13.5. The van der Waals surface area contributed by atoms with Gasteiger partial charge in [0.05, 0.1) is 31.8 Å². The van der Waals surface area contributed by atoms with Gasteiger partial charge in [-0.15, -0.1) is 0 Å². The van der Waals surface area contributed by atoms with Crippen molar-refractivity contribution in [3.05, 3.63) is 0 Å². The first kappa shape index (κ1) is 33.6. The number of hydrogen-bond donors (Lipinski definition) is 3. The first-order valence-electron chi connectivity index (χ1n) is 12.3. The van der Waals surface area contributed by atoms with Crippen molar-refractivity contribution >= 4 is 14.9 Å². The summed E-state index contributed by atoms with van der Waals surface area (Å²) >= 11 is 0. The van der Waals surface area contributed by atoms with Crippen LogP contribution in [0.2, 0.25) is 0 Å². The van der Waals surface area contributed by atoms with Gasteiger partial charge in [-0.25, -0.2) is 4.67 Å². The van der Waals surface area contributed by atoms with Gasteiger partial charge in [-0.3, -0.25) is 4.99 Å². The largest absolute Gasteiger partial charge is 0.425 e. The first-order valence-corrected chi connectivity index (χ1v) is 13.4. The van der Waals surface area contributed by atoms with E-state index in [0.29, 0.717) is 65.4 Å². The van der Waals surface area contributed by atoms with E-state index >= 15 is 0 Å². The molecule has 0 bridgehead atoms. The van der Waals surface area contributed by atoms with Crippen LogP contribution in [0.25, 0.3) is 0 Å². The minimum absolute atomic E-state index is 0.0527. The van der Waals surface area contributed by atoms with Crippen LogP contribution in [0.3, 0.4) is 0 Å². The number of hydrogen-bond acceptors (Lipinski definition) is 10. The van der Waals surface area contributed by atoms with Crippen LogP contribution < -0.4 is 0 Å². The van der Waals surface area contributed by atoms with Crippen molar-refractivity contribution in [1.82, 2.24) is 4.67 Å². The fourth-order valence-corrected chi connectivity index (χ4v) is 4.67. The van der Waals surface area contributed by atoms with E-state index in [4.69, 9.17) is 38.6 Å². The second-order valence-corrected chi connectivity index (χ2v) is 10.1. The Morgan fingerprint density at radius 3 is 1.59 bits per heavy atom. The lowest BCUT2D eigenvalue weighted by molar-refractivity contribution is -0.0917. The molecule has 0 heterocycles. The monoisotopic (exact) mass is 512 g/mol. The molecule has 0 saturated heterocycles. The van der Waals surface area contributed by atoms with E-state index in [1.54, 1.807) is 0 Å². The third kappa shape index (κ3) is 15.5. The summed E-state index contributed by atoms with van der Waals surface area (Å²) in [5.74, 6) is 0. The second-order valence-electron chi connectivity index (χ2n) is 8.68. The van der Waals surface area contributed by atoms with E-state index in [0.717, 1.165) is 0 Å². The van der Waals surface area contributed by atoms with Gasteiger partial charge in [0.15, 0.2) is 6.40 Å². The smallest absolute Gasteiger partial charge is 0.322 e. The molecule has 0 rings (SSSR count). The van der Waals surface area contributed by atoms with Crippen LogP contribution in [-0.2, 0) is 23.3 Å². The quantitative estimate of drug-likeness (QED) is 0.0775. The van der Waals surface area contributed by atoms with Gasteiger partial charge in [-0.05, 0) is 53.9 Å². The molecule has 0 aliphatic carbocycles. The van der Waals surface area contributed by atoms with E-state index in [-0.39, 0.29) is 38.5 Å². The maximum Gasteiger partial charge on any atom is 0.322 e. The zero-order chi connectivity index (χ0) is 25.7. The highest BCUT2D eigenvalue weighted by Crippen LogP contribution is 2.46. The highest BCUT2D eigenvalue weighted by Gasteiger charge is 2.36. The number of rotatable bonds is 24. The number of aliphatic hydroxyl groups is 3. The van der Waals surface area contributed by atoms with Crippen molar-refractivity contribution in [3.8, 4) is 0 Å². The molecule has 11 heteroatoms. The Balaban J connectivity index is 5.62. The summed E-state index contributed by atoms with van der Waals surface area (Å²) < 4.78 is 32.1. The fourth-order valence-electron chi connectivity index (χ4n) is 3.08. The van der Waals surface area contributed by atoms with Gasteiger partial charge in [0.1, 0.15) is 0 Å². The fraction of sp³-hybridized carbons (Fsp3) is 0.957. The molecule has 1 atom stereocenters. The van der Waals surface area contributed by atoms with Crippen molar-refractivity contribution in [2.24, 2.45) is 10.4 Å². The van der Waals surface area contributed by atoms with Crippen LogP contribution in [0.4, 0.5) is 0 Å². The van der Waals surface area contributed by atoms with E-state index in [9.17, 15) is 0 Å². The van der Waals surface area contributed by atoms with Gasteiger partial charge in [-0.2, -0.15) is 0 Å². The highest BCUT2D eigenvalue weighted by molar-refractivity contribution is 7.45.